The molecule has 0 heterocycles. The number of carboxylic acids is 1. The quantitative estimate of drug-likeness (QED) is 0.282. The van der Waals surface area contributed by atoms with Crippen molar-refractivity contribution >= 4 is 17.9 Å². The minimum absolute atomic E-state index is 0.0339. The molecule has 31 heavy (non-hydrogen) atoms. The lowest BCUT2D eigenvalue weighted by atomic mass is 10.0. The molecule has 1 N–H and O–H groups in total. The van der Waals surface area contributed by atoms with Gasteiger partial charge in [-0.25, -0.2) is 14.4 Å². The molecule has 0 radical (unpaired) electrons. The fourth-order valence-corrected chi connectivity index (χ4v) is 2.29. The fraction of sp³-hybridized carbons (Fsp3) is 0.571. The normalized spacial score (nSPS) is 10.6. The summed E-state index contributed by atoms with van der Waals surface area (Å²) >= 11 is 0. The van der Waals surface area contributed by atoms with Gasteiger partial charge in [-0.15, -0.1) is 0 Å². The van der Waals surface area contributed by atoms with Gasteiger partial charge in [-0.3, -0.25) is 0 Å². The molecule has 174 valence electrons. The third-order valence-electron chi connectivity index (χ3n) is 3.78. The van der Waals surface area contributed by atoms with Crippen LogP contribution in [0.1, 0.15) is 44.9 Å². The molecule has 0 aromatic heterocycles. The molecule has 0 atom stereocenters. The zero-order chi connectivity index (χ0) is 22.9. The second kappa shape index (κ2) is 16.2. The summed E-state index contributed by atoms with van der Waals surface area (Å²) in [6, 6.07) is 3.51. The van der Waals surface area contributed by atoms with Crippen LogP contribution < -0.4 is 0 Å². The van der Waals surface area contributed by atoms with Crippen LogP contribution in [0.4, 0.5) is 0 Å². The second-order valence-corrected chi connectivity index (χ2v) is 5.96. The lowest BCUT2D eigenvalue weighted by Crippen LogP contribution is -2.19. The van der Waals surface area contributed by atoms with Crippen LogP contribution in [0.3, 0.4) is 0 Å². The largest absolute Gasteiger partial charge is 0.478 e. The van der Waals surface area contributed by atoms with Gasteiger partial charge >= 0.3 is 17.9 Å². The summed E-state index contributed by atoms with van der Waals surface area (Å²) in [7, 11) is 0. The average Bonchev–Trinajstić information content (AvgIpc) is 2.77. The van der Waals surface area contributed by atoms with E-state index in [-0.39, 0.29) is 43.1 Å². The molecule has 0 saturated carbocycles. The summed E-state index contributed by atoms with van der Waals surface area (Å²) in [5.41, 5.74) is -0.450. The highest BCUT2D eigenvalue weighted by atomic mass is 16.6. The molecule has 0 aliphatic carbocycles. The zero-order valence-corrected chi connectivity index (χ0v) is 17.9. The van der Waals surface area contributed by atoms with Crippen molar-refractivity contribution in [1.29, 1.82) is 0 Å². The zero-order valence-electron chi connectivity index (χ0n) is 17.9. The predicted octanol–water partition coefficient (Wildman–Crippen LogP) is 1.80. The molecule has 1 aromatic rings. The average molecular weight is 442 g/mol. The van der Waals surface area contributed by atoms with Gasteiger partial charge in [0.1, 0.15) is 13.2 Å². The number of esters is 2. The number of hydrogen-bond acceptors (Lipinski definition) is 9. The number of benzene rings is 1. The van der Waals surface area contributed by atoms with E-state index in [9.17, 15) is 19.5 Å². The van der Waals surface area contributed by atoms with Crippen LogP contribution in [0.5, 0.6) is 0 Å². The van der Waals surface area contributed by atoms with Crippen molar-refractivity contribution in [1.82, 2.24) is 0 Å². The van der Waals surface area contributed by atoms with Gasteiger partial charge in [0.15, 0.2) is 0 Å². The van der Waals surface area contributed by atoms with E-state index in [0.29, 0.717) is 39.6 Å². The van der Waals surface area contributed by atoms with Gasteiger partial charge in [0, 0.05) is 13.2 Å². The van der Waals surface area contributed by atoms with Crippen molar-refractivity contribution in [2.45, 2.75) is 13.8 Å². The number of ether oxygens (including phenoxy) is 6. The first-order valence-corrected chi connectivity index (χ1v) is 10.0. The summed E-state index contributed by atoms with van der Waals surface area (Å²) in [6.07, 6.45) is 0. The highest BCUT2D eigenvalue weighted by Gasteiger charge is 2.21. The molecule has 0 unspecified atom stereocenters. The van der Waals surface area contributed by atoms with Crippen LogP contribution in [-0.4, -0.2) is 89.1 Å². The first kappa shape index (κ1) is 26.5. The van der Waals surface area contributed by atoms with Crippen molar-refractivity contribution in [2.24, 2.45) is 0 Å². The maximum atomic E-state index is 12.4. The van der Waals surface area contributed by atoms with E-state index >= 15 is 0 Å². The Kier molecular flexibility index (Phi) is 13.9. The molecular weight excluding hydrogens is 412 g/mol. The summed E-state index contributed by atoms with van der Waals surface area (Å²) in [6.45, 7) is 6.68. The van der Waals surface area contributed by atoms with Gasteiger partial charge in [0.25, 0.3) is 0 Å². The molecule has 10 heteroatoms. The second-order valence-electron chi connectivity index (χ2n) is 5.96. The Balaban J connectivity index is 2.61. The number of aromatic carboxylic acids is 1. The van der Waals surface area contributed by atoms with Gasteiger partial charge in [-0.05, 0) is 32.0 Å². The molecule has 0 aliphatic rings. The summed E-state index contributed by atoms with van der Waals surface area (Å²) in [5, 5.41) is 9.17. The van der Waals surface area contributed by atoms with E-state index in [1.54, 1.807) is 0 Å². The van der Waals surface area contributed by atoms with Gasteiger partial charge < -0.3 is 33.5 Å². The molecule has 0 bridgehead atoms. The Bertz CT molecular complexity index is 689. The van der Waals surface area contributed by atoms with Crippen LogP contribution in [0, 0.1) is 0 Å². The highest BCUT2D eigenvalue weighted by molar-refractivity contribution is 6.05. The van der Waals surface area contributed by atoms with Gasteiger partial charge in [0.2, 0.25) is 0 Å². The van der Waals surface area contributed by atoms with Crippen LogP contribution >= 0.6 is 0 Å². The van der Waals surface area contributed by atoms with Gasteiger partial charge in [0.05, 0.1) is 56.3 Å². The number of carbonyl (C=O) groups is 3. The maximum Gasteiger partial charge on any atom is 0.339 e. The monoisotopic (exact) mass is 442 g/mol. The third-order valence-corrected chi connectivity index (χ3v) is 3.78. The lowest BCUT2D eigenvalue weighted by Gasteiger charge is -2.11. The van der Waals surface area contributed by atoms with E-state index in [2.05, 4.69) is 0 Å². The van der Waals surface area contributed by atoms with Crippen molar-refractivity contribution in [3.05, 3.63) is 34.9 Å². The lowest BCUT2D eigenvalue weighted by molar-refractivity contribution is 0.0139. The topological polar surface area (TPSA) is 127 Å². The molecule has 1 rings (SSSR count). The van der Waals surface area contributed by atoms with Gasteiger partial charge in [-0.2, -0.15) is 0 Å². The van der Waals surface area contributed by atoms with Crippen LogP contribution in [0.25, 0.3) is 0 Å². The Morgan fingerprint density at radius 3 is 1.61 bits per heavy atom. The number of carbonyl (C=O) groups excluding carboxylic acids is 2. The van der Waals surface area contributed by atoms with Crippen LogP contribution in [0.15, 0.2) is 18.2 Å². The number of carboxylic acid groups (broad SMARTS) is 1. The molecular formula is C21H30O10. The summed E-state index contributed by atoms with van der Waals surface area (Å²) in [4.78, 5) is 36.0. The number of hydrogen-bond donors (Lipinski definition) is 1. The van der Waals surface area contributed by atoms with E-state index in [4.69, 9.17) is 28.4 Å². The van der Waals surface area contributed by atoms with Gasteiger partial charge in [-0.1, -0.05) is 0 Å². The minimum atomic E-state index is -1.24. The van der Waals surface area contributed by atoms with E-state index < -0.39 is 17.9 Å². The summed E-state index contributed by atoms with van der Waals surface area (Å²) in [5.74, 6) is -2.88. The predicted molar refractivity (Wildman–Crippen MR) is 109 cm³/mol. The van der Waals surface area contributed by atoms with Crippen molar-refractivity contribution in [2.75, 3.05) is 66.1 Å². The van der Waals surface area contributed by atoms with E-state index in [1.165, 1.54) is 12.1 Å². The van der Waals surface area contributed by atoms with Crippen LogP contribution in [0.2, 0.25) is 0 Å². The first-order valence-electron chi connectivity index (χ1n) is 10.0. The van der Waals surface area contributed by atoms with Crippen LogP contribution in [-0.2, 0) is 28.4 Å². The van der Waals surface area contributed by atoms with Crippen molar-refractivity contribution in [3.63, 3.8) is 0 Å². The standard InChI is InChI=1S/C21H30O10/c1-3-26-7-9-28-11-13-30-20(24)17-6-5-16(19(22)23)15-18(17)21(25)31-14-12-29-10-8-27-4-2/h5-6,15H,3-4,7-14H2,1-2H3,(H,22,23). The Morgan fingerprint density at radius 2 is 1.13 bits per heavy atom. The highest BCUT2D eigenvalue weighted by Crippen LogP contribution is 2.15. The van der Waals surface area contributed by atoms with Crippen molar-refractivity contribution in [3.8, 4) is 0 Å². The summed E-state index contributed by atoms with van der Waals surface area (Å²) < 4.78 is 31.0. The molecule has 0 spiro atoms. The Morgan fingerprint density at radius 1 is 0.677 bits per heavy atom. The molecule has 0 saturated heterocycles. The third kappa shape index (κ3) is 10.9. The fourth-order valence-electron chi connectivity index (χ4n) is 2.29. The van der Waals surface area contributed by atoms with E-state index in [1.807, 2.05) is 13.8 Å². The smallest absolute Gasteiger partial charge is 0.339 e. The SMILES string of the molecule is CCOCCOCCOC(=O)c1ccc(C(=O)O)cc1C(=O)OCCOCCOCC. The van der Waals surface area contributed by atoms with E-state index in [0.717, 1.165) is 6.07 Å². The Labute approximate surface area is 181 Å². The molecule has 10 nitrogen and oxygen atoms in total. The van der Waals surface area contributed by atoms with Crippen molar-refractivity contribution < 1.29 is 47.9 Å². The minimum Gasteiger partial charge on any atom is -0.478 e. The molecule has 0 aliphatic heterocycles. The molecule has 0 amide bonds. The maximum absolute atomic E-state index is 12.4. The first-order chi connectivity index (χ1) is 15.0. The molecule has 0 fully saturated rings. The molecule has 1 aromatic carbocycles. The Hall–Kier alpha value is -2.53. The number of rotatable bonds is 17.